The number of nitrogens with one attached hydrogen (secondary N) is 1. The fourth-order valence-corrected chi connectivity index (χ4v) is 4.61. The molecule has 4 rings (SSSR count). The Balaban J connectivity index is 1.89. The van der Waals surface area contributed by atoms with Crippen molar-refractivity contribution in [2.75, 3.05) is 19.5 Å². The van der Waals surface area contributed by atoms with E-state index in [-0.39, 0.29) is 28.5 Å². The zero-order valence-corrected chi connectivity index (χ0v) is 16.1. The lowest BCUT2D eigenvalue weighted by molar-refractivity contribution is -0.138. The number of anilines is 1. The number of hydrogen-bond donors (Lipinski definition) is 1. The first-order valence-electron chi connectivity index (χ1n) is 8.90. The lowest BCUT2D eigenvalue weighted by atomic mass is 9.75. The van der Waals surface area contributed by atoms with Crippen LogP contribution in [0.2, 0.25) is 5.02 Å². The molecule has 2 aromatic carbocycles. The van der Waals surface area contributed by atoms with Crippen LogP contribution in [0, 0.1) is 5.92 Å². The van der Waals surface area contributed by atoms with Gasteiger partial charge in [0.25, 0.3) is 0 Å². The Morgan fingerprint density at radius 2 is 1.89 bits per heavy atom. The molecule has 0 aromatic heterocycles. The second kappa shape index (κ2) is 6.92. The van der Waals surface area contributed by atoms with E-state index in [1.54, 1.807) is 20.3 Å². The van der Waals surface area contributed by atoms with Crippen molar-refractivity contribution in [3.05, 3.63) is 64.2 Å². The van der Waals surface area contributed by atoms with Gasteiger partial charge in [-0.3, -0.25) is 0 Å². The van der Waals surface area contributed by atoms with E-state index in [1.807, 2.05) is 24.3 Å². The first-order chi connectivity index (χ1) is 13.4. The summed E-state index contributed by atoms with van der Waals surface area (Å²) in [6.45, 7) is 0. The number of para-hydroxylation sites is 1. The van der Waals surface area contributed by atoms with E-state index in [0.717, 1.165) is 11.6 Å². The summed E-state index contributed by atoms with van der Waals surface area (Å²) in [6, 6.07) is 7.64. The van der Waals surface area contributed by atoms with Gasteiger partial charge in [0.15, 0.2) is 11.5 Å². The van der Waals surface area contributed by atoms with Gasteiger partial charge in [0.2, 0.25) is 0 Å². The Morgan fingerprint density at radius 1 is 1.11 bits per heavy atom. The second-order valence-electron chi connectivity index (χ2n) is 6.94. The molecular formula is C21H19ClF3NO2. The first-order valence-corrected chi connectivity index (χ1v) is 9.28. The van der Waals surface area contributed by atoms with Crippen LogP contribution >= 0.6 is 11.6 Å². The van der Waals surface area contributed by atoms with Gasteiger partial charge in [0, 0.05) is 11.5 Å². The SMILES string of the molecule is COc1cccc([C@@H]2Nc3c(Cl)ccc(C(F)(F)F)c3[C@@H]3C=CC[C@@H]32)c1OC. The van der Waals surface area contributed by atoms with E-state index in [9.17, 15) is 13.2 Å². The molecule has 1 heterocycles. The monoisotopic (exact) mass is 409 g/mol. The summed E-state index contributed by atoms with van der Waals surface area (Å²) in [5, 5.41) is 3.56. The van der Waals surface area contributed by atoms with Crippen molar-refractivity contribution in [3.63, 3.8) is 0 Å². The number of fused-ring (bicyclic) bond motifs is 3. The van der Waals surface area contributed by atoms with E-state index in [0.29, 0.717) is 23.6 Å². The van der Waals surface area contributed by atoms with Crippen molar-refractivity contribution < 1.29 is 22.6 Å². The smallest absolute Gasteiger partial charge is 0.416 e. The summed E-state index contributed by atoms with van der Waals surface area (Å²) < 4.78 is 52.0. The highest BCUT2D eigenvalue weighted by Crippen LogP contribution is 2.56. The van der Waals surface area contributed by atoms with Crippen LogP contribution in [0.4, 0.5) is 18.9 Å². The van der Waals surface area contributed by atoms with Gasteiger partial charge >= 0.3 is 6.18 Å². The number of allylic oxidation sites excluding steroid dienone is 2. The summed E-state index contributed by atoms with van der Waals surface area (Å²) in [7, 11) is 3.11. The van der Waals surface area contributed by atoms with Crippen LogP contribution < -0.4 is 14.8 Å². The normalized spacial score (nSPS) is 23.0. The van der Waals surface area contributed by atoms with Gasteiger partial charge < -0.3 is 14.8 Å². The molecule has 148 valence electrons. The third kappa shape index (κ3) is 2.91. The molecule has 28 heavy (non-hydrogen) atoms. The maximum atomic E-state index is 13.7. The van der Waals surface area contributed by atoms with E-state index >= 15 is 0 Å². The Hall–Kier alpha value is -2.34. The average molecular weight is 410 g/mol. The maximum Gasteiger partial charge on any atom is 0.416 e. The van der Waals surface area contributed by atoms with E-state index in [2.05, 4.69) is 5.32 Å². The number of hydrogen-bond acceptors (Lipinski definition) is 3. The van der Waals surface area contributed by atoms with Crippen molar-refractivity contribution in [1.29, 1.82) is 0 Å². The highest BCUT2D eigenvalue weighted by Gasteiger charge is 2.45. The number of rotatable bonds is 3. The topological polar surface area (TPSA) is 30.5 Å². The third-order valence-electron chi connectivity index (χ3n) is 5.54. The van der Waals surface area contributed by atoms with Crippen molar-refractivity contribution in [3.8, 4) is 11.5 Å². The summed E-state index contributed by atoms with van der Waals surface area (Å²) in [5.74, 6) is 0.672. The van der Waals surface area contributed by atoms with Crippen molar-refractivity contribution in [1.82, 2.24) is 0 Å². The standard InChI is InChI=1S/C21H19ClF3NO2/c1-27-16-8-4-7-13(20(16)28-2)18-12-6-3-5-11(12)17-14(21(23,24)25)9-10-15(22)19(17)26-18/h3-5,7-12,18,26H,6H2,1-2H3/t11-,12+,18-/m1/s1. The number of ether oxygens (including phenoxy) is 2. The largest absolute Gasteiger partial charge is 0.493 e. The lowest BCUT2D eigenvalue weighted by Crippen LogP contribution is -2.31. The molecule has 0 radical (unpaired) electrons. The predicted molar refractivity (Wildman–Crippen MR) is 102 cm³/mol. The Morgan fingerprint density at radius 3 is 2.57 bits per heavy atom. The number of alkyl halides is 3. The number of methoxy groups -OCH3 is 2. The summed E-state index contributed by atoms with van der Waals surface area (Å²) >= 11 is 6.33. The highest BCUT2D eigenvalue weighted by atomic mass is 35.5. The molecule has 0 fully saturated rings. The molecule has 0 unspecified atom stereocenters. The molecule has 3 nitrogen and oxygen atoms in total. The minimum absolute atomic E-state index is 0.0897. The molecule has 2 aromatic rings. The zero-order valence-electron chi connectivity index (χ0n) is 15.3. The maximum absolute atomic E-state index is 13.7. The fourth-order valence-electron chi connectivity index (χ4n) is 4.39. The van der Waals surface area contributed by atoms with Gasteiger partial charge in [0.05, 0.1) is 36.5 Å². The molecule has 1 aliphatic heterocycles. The molecule has 7 heteroatoms. The van der Waals surface area contributed by atoms with Crippen molar-refractivity contribution in [2.45, 2.75) is 24.6 Å². The Kier molecular flexibility index (Phi) is 4.70. The van der Waals surface area contributed by atoms with Gasteiger partial charge in [-0.1, -0.05) is 35.9 Å². The minimum atomic E-state index is -4.45. The van der Waals surface area contributed by atoms with Crippen LogP contribution in [0.25, 0.3) is 0 Å². The van der Waals surface area contributed by atoms with E-state index < -0.39 is 11.7 Å². The summed E-state index contributed by atoms with van der Waals surface area (Å²) in [6.07, 6.45) is 0.00610. The van der Waals surface area contributed by atoms with Gasteiger partial charge in [0.1, 0.15) is 0 Å². The van der Waals surface area contributed by atoms with Gasteiger partial charge in [-0.2, -0.15) is 13.2 Å². The molecule has 0 saturated carbocycles. The Labute approximate surface area is 166 Å². The van der Waals surface area contributed by atoms with Crippen LogP contribution in [0.3, 0.4) is 0 Å². The van der Waals surface area contributed by atoms with Crippen LogP contribution in [0.15, 0.2) is 42.5 Å². The molecule has 0 bridgehead atoms. The van der Waals surface area contributed by atoms with Crippen LogP contribution in [-0.4, -0.2) is 14.2 Å². The molecule has 2 aliphatic rings. The molecule has 0 saturated heterocycles. The molecule has 0 spiro atoms. The van der Waals surface area contributed by atoms with Crippen molar-refractivity contribution >= 4 is 17.3 Å². The second-order valence-corrected chi connectivity index (χ2v) is 7.35. The fraction of sp³-hybridized carbons (Fsp3) is 0.333. The molecular weight excluding hydrogens is 391 g/mol. The van der Waals surface area contributed by atoms with Crippen LogP contribution in [0.5, 0.6) is 11.5 Å². The third-order valence-corrected chi connectivity index (χ3v) is 5.86. The van der Waals surface area contributed by atoms with Crippen LogP contribution in [0.1, 0.15) is 35.1 Å². The minimum Gasteiger partial charge on any atom is -0.493 e. The number of benzene rings is 2. The first kappa shape index (κ1) is 19.0. The van der Waals surface area contributed by atoms with Gasteiger partial charge in [-0.15, -0.1) is 0 Å². The molecule has 3 atom stereocenters. The average Bonchev–Trinajstić information content (AvgIpc) is 3.16. The quantitative estimate of drug-likeness (QED) is 0.612. The van der Waals surface area contributed by atoms with Gasteiger partial charge in [-0.25, -0.2) is 0 Å². The highest BCUT2D eigenvalue weighted by molar-refractivity contribution is 6.33. The summed E-state index contributed by atoms with van der Waals surface area (Å²) in [4.78, 5) is 0. The van der Waals surface area contributed by atoms with E-state index in [1.165, 1.54) is 6.07 Å². The number of halogens is 4. The molecule has 1 N–H and O–H groups in total. The van der Waals surface area contributed by atoms with Crippen molar-refractivity contribution in [2.24, 2.45) is 5.92 Å². The molecule has 0 amide bonds. The summed E-state index contributed by atoms with van der Waals surface area (Å²) in [5.41, 5.74) is 0.743. The lowest BCUT2D eigenvalue weighted by Gasteiger charge is -2.39. The Bertz CT molecular complexity index is 942. The predicted octanol–water partition coefficient (Wildman–Crippen LogP) is 6.20. The van der Waals surface area contributed by atoms with Crippen LogP contribution in [-0.2, 0) is 6.18 Å². The molecule has 1 aliphatic carbocycles. The zero-order chi connectivity index (χ0) is 20.1. The van der Waals surface area contributed by atoms with Gasteiger partial charge in [-0.05, 0) is 36.1 Å². The van der Waals surface area contributed by atoms with E-state index in [4.69, 9.17) is 21.1 Å².